The maximum Gasteiger partial charge on any atom is 0.188 e. The summed E-state index contributed by atoms with van der Waals surface area (Å²) in [5.74, 6) is 0.0296. The van der Waals surface area contributed by atoms with E-state index in [1.165, 1.54) is 18.1 Å². The van der Waals surface area contributed by atoms with Gasteiger partial charge in [-0.25, -0.2) is 4.98 Å². The molecule has 0 spiro atoms. The van der Waals surface area contributed by atoms with Crippen LogP contribution in [-0.4, -0.2) is 31.2 Å². The minimum Gasteiger partial charge on any atom is -0.409 e. The molecular weight excluding hydrogens is 252 g/mol. The van der Waals surface area contributed by atoms with E-state index < -0.39 is 0 Å². The molecule has 0 saturated heterocycles. The van der Waals surface area contributed by atoms with Crippen molar-refractivity contribution in [3.8, 4) is 0 Å². The Morgan fingerprint density at radius 3 is 2.89 bits per heavy atom. The summed E-state index contributed by atoms with van der Waals surface area (Å²) < 4.78 is 0. The van der Waals surface area contributed by atoms with Gasteiger partial charge in [-0.05, 0) is 31.7 Å². The van der Waals surface area contributed by atoms with E-state index >= 15 is 0 Å². The molecule has 0 unspecified atom stereocenters. The van der Waals surface area contributed by atoms with Crippen molar-refractivity contribution < 1.29 is 5.21 Å². The lowest BCUT2D eigenvalue weighted by Crippen LogP contribution is -2.17. The van der Waals surface area contributed by atoms with Crippen LogP contribution in [0.5, 0.6) is 0 Å². The Kier molecular flexibility index (Phi) is 3.47. The average molecular weight is 264 g/mol. The van der Waals surface area contributed by atoms with E-state index in [4.69, 9.17) is 10.9 Å². The van der Waals surface area contributed by atoms with Gasteiger partial charge in [0.05, 0.1) is 5.56 Å². The normalized spacial score (nSPS) is 11.8. The van der Waals surface area contributed by atoms with Crippen LogP contribution in [0, 0.1) is 13.8 Å². The number of pyridine rings is 1. The van der Waals surface area contributed by atoms with Crippen LogP contribution in [-0.2, 0) is 0 Å². The topological polar surface area (TPSA) is 113 Å². The van der Waals surface area contributed by atoms with Crippen LogP contribution in [0.3, 0.4) is 0 Å². The molecule has 0 saturated carbocycles. The molecule has 0 aliphatic carbocycles. The molecule has 0 radical (unpaired) electrons. The van der Waals surface area contributed by atoms with Crippen molar-refractivity contribution in [1.29, 1.82) is 0 Å². The largest absolute Gasteiger partial charge is 0.409 e. The van der Waals surface area contributed by atoms with Gasteiger partial charge in [-0.1, -0.05) is 5.16 Å². The van der Waals surface area contributed by atoms with Crippen LogP contribution in [0.15, 0.2) is 27.6 Å². The van der Waals surface area contributed by atoms with E-state index in [0.717, 1.165) is 10.6 Å². The van der Waals surface area contributed by atoms with Gasteiger partial charge < -0.3 is 10.9 Å². The number of aromatic nitrogens is 4. The standard InChI is InChI=1S/C10H12N6OS/c1-5-3-7(18-10-12-4-13-15-10)8(6(2)14-5)9(11)16-17/h3-4,17H,1-2H3,(H2,11,16)(H,12,13,15). The molecule has 2 aromatic rings. The highest BCUT2D eigenvalue weighted by Gasteiger charge is 2.14. The number of nitrogens with two attached hydrogens (primary N) is 1. The molecule has 94 valence electrons. The summed E-state index contributed by atoms with van der Waals surface area (Å²) >= 11 is 1.35. The highest BCUT2D eigenvalue weighted by atomic mass is 32.2. The van der Waals surface area contributed by atoms with Crippen molar-refractivity contribution in [2.45, 2.75) is 23.9 Å². The van der Waals surface area contributed by atoms with Crippen LogP contribution >= 0.6 is 11.8 Å². The summed E-state index contributed by atoms with van der Waals surface area (Å²) in [6, 6.07) is 1.85. The zero-order valence-corrected chi connectivity index (χ0v) is 10.7. The van der Waals surface area contributed by atoms with Crippen molar-refractivity contribution in [1.82, 2.24) is 20.2 Å². The molecule has 0 aromatic carbocycles. The quantitative estimate of drug-likeness (QED) is 0.330. The van der Waals surface area contributed by atoms with Gasteiger partial charge in [0, 0.05) is 16.3 Å². The van der Waals surface area contributed by atoms with Crippen LogP contribution in [0.2, 0.25) is 0 Å². The zero-order chi connectivity index (χ0) is 13.1. The van der Waals surface area contributed by atoms with Crippen molar-refractivity contribution in [2.75, 3.05) is 0 Å². The fraction of sp³-hybridized carbons (Fsp3) is 0.200. The molecule has 8 heteroatoms. The zero-order valence-electron chi connectivity index (χ0n) is 9.88. The van der Waals surface area contributed by atoms with E-state index in [9.17, 15) is 0 Å². The SMILES string of the molecule is Cc1cc(Sc2ncn[nH]2)c(/C(N)=N/O)c(C)n1. The Balaban J connectivity index is 2.50. The van der Waals surface area contributed by atoms with E-state index in [-0.39, 0.29) is 5.84 Å². The molecule has 0 bridgehead atoms. The number of oxime groups is 1. The van der Waals surface area contributed by atoms with Gasteiger partial charge in [0.25, 0.3) is 0 Å². The molecule has 0 aliphatic rings. The lowest BCUT2D eigenvalue weighted by molar-refractivity contribution is 0.318. The number of nitrogens with one attached hydrogen (secondary N) is 1. The second-order valence-corrected chi connectivity index (χ2v) is 4.63. The lowest BCUT2D eigenvalue weighted by Gasteiger charge is -2.10. The van der Waals surface area contributed by atoms with Gasteiger partial charge in [0.1, 0.15) is 6.33 Å². The van der Waals surface area contributed by atoms with Gasteiger partial charge in [0.15, 0.2) is 11.0 Å². The smallest absolute Gasteiger partial charge is 0.188 e. The first-order valence-corrected chi connectivity index (χ1v) is 5.93. The summed E-state index contributed by atoms with van der Waals surface area (Å²) in [6.07, 6.45) is 1.42. The molecule has 2 aromatic heterocycles. The van der Waals surface area contributed by atoms with E-state index in [1.807, 2.05) is 19.9 Å². The first-order valence-electron chi connectivity index (χ1n) is 5.11. The van der Waals surface area contributed by atoms with Gasteiger partial charge >= 0.3 is 0 Å². The fourth-order valence-electron chi connectivity index (χ4n) is 1.58. The maximum atomic E-state index is 8.82. The van der Waals surface area contributed by atoms with Gasteiger partial charge in [-0.3, -0.25) is 10.1 Å². The minimum absolute atomic E-state index is 0.0296. The third-order valence-corrected chi connectivity index (χ3v) is 3.19. The highest BCUT2D eigenvalue weighted by Crippen LogP contribution is 2.29. The van der Waals surface area contributed by atoms with Crippen LogP contribution in [0.4, 0.5) is 0 Å². The van der Waals surface area contributed by atoms with Crippen LogP contribution in [0.1, 0.15) is 17.0 Å². The van der Waals surface area contributed by atoms with Crippen molar-refractivity contribution in [3.05, 3.63) is 29.3 Å². The van der Waals surface area contributed by atoms with Gasteiger partial charge in [-0.15, -0.1) is 0 Å². The highest BCUT2D eigenvalue weighted by molar-refractivity contribution is 7.99. The Hall–Kier alpha value is -2.09. The summed E-state index contributed by atoms with van der Waals surface area (Å²) in [7, 11) is 0. The summed E-state index contributed by atoms with van der Waals surface area (Å²) in [5, 5.41) is 19.0. The van der Waals surface area contributed by atoms with Crippen molar-refractivity contribution >= 4 is 17.6 Å². The van der Waals surface area contributed by atoms with E-state index in [2.05, 4.69) is 25.3 Å². The molecular formula is C10H12N6OS. The number of H-pyrrole nitrogens is 1. The van der Waals surface area contributed by atoms with Gasteiger partial charge in [-0.2, -0.15) is 5.10 Å². The Bertz CT molecular complexity index is 580. The minimum atomic E-state index is 0.0296. The van der Waals surface area contributed by atoms with E-state index in [0.29, 0.717) is 16.4 Å². The number of nitrogens with zero attached hydrogens (tertiary/aromatic N) is 4. The predicted octanol–water partition coefficient (Wildman–Crippen LogP) is 1.06. The number of rotatable bonds is 3. The van der Waals surface area contributed by atoms with Crippen LogP contribution in [0.25, 0.3) is 0 Å². The van der Waals surface area contributed by atoms with Crippen LogP contribution < -0.4 is 5.73 Å². The Labute approximate surface area is 108 Å². The molecule has 0 atom stereocenters. The molecule has 2 rings (SSSR count). The third kappa shape index (κ3) is 2.43. The second-order valence-electron chi connectivity index (χ2n) is 3.60. The van der Waals surface area contributed by atoms with Gasteiger partial charge in [0.2, 0.25) is 0 Å². The van der Waals surface area contributed by atoms with Crippen molar-refractivity contribution in [2.24, 2.45) is 10.9 Å². The number of amidine groups is 1. The maximum absolute atomic E-state index is 8.82. The number of aryl methyl sites for hydroxylation is 2. The molecule has 7 nitrogen and oxygen atoms in total. The molecule has 2 heterocycles. The molecule has 18 heavy (non-hydrogen) atoms. The average Bonchev–Trinajstić information content (AvgIpc) is 2.80. The number of hydrogen-bond donors (Lipinski definition) is 3. The van der Waals surface area contributed by atoms with Crippen molar-refractivity contribution in [3.63, 3.8) is 0 Å². The second kappa shape index (κ2) is 5.05. The third-order valence-electron chi connectivity index (χ3n) is 2.26. The molecule has 0 aliphatic heterocycles. The predicted molar refractivity (Wildman–Crippen MR) is 66.7 cm³/mol. The Morgan fingerprint density at radius 2 is 2.28 bits per heavy atom. The lowest BCUT2D eigenvalue weighted by atomic mass is 10.1. The number of aromatic amines is 1. The molecule has 0 fully saturated rings. The fourth-order valence-corrected chi connectivity index (χ4v) is 2.57. The van der Waals surface area contributed by atoms with E-state index in [1.54, 1.807) is 0 Å². The molecule has 4 N–H and O–H groups in total. The number of hydrogen-bond acceptors (Lipinski definition) is 6. The summed E-state index contributed by atoms with van der Waals surface area (Å²) in [6.45, 7) is 3.69. The summed E-state index contributed by atoms with van der Waals surface area (Å²) in [4.78, 5) is 9.14. The Morgan fingerprint density at radius 1 is 1.50 bits per heavy atom. The summed E-state index contributed by atoms with van der Waals surface area (Å²) in [5.41, 5.74) is 7.83. The first-order chi connectivity index (χ1) is 8.61. The molecule has 0 amide bonds. The monoisotopic (exact) mass is 264 g/mol. The first kappa shape index (κ1) is 12.4.